The molecule has 0 saturated heterocycles. The summed E-state index contributed by atoms with van der Waals surface area (Å²) >= 11 is 0. The summed E-state index contributed by atoms with van der Waals surface area (Å²) < 4.78 is 0. The van der Waals surface area contributed by atoms with Gasteiger partial charge in [0.1, 0.15) is 5.56 Å². The third-order valence-corrected chi connectivity index (χ3v) is 3.97. The molecule has 5 heteroatoms. The number of nitrogens with zero attached hydrogens (tertiary/aromatic N) is 2. The van der Waals surface area contributed by atoms with Crippen LogP contribution >= 0.6 is 0 Å². The van der Waals surface area contributed by atoms with Crippen molar-refractivity contribution in [2.45, 2.75) is 45.6 Å². The van der Waals surface area contributed by atoms with E-state index in [1.165, 1.54) is 12.8 Å². The van der Waals surface area contributed by atoms with Crippen LogP contribution in [0, 0.1) is 12.8 Å². The first-order valence-corrected chi connectivity index (χ1v) is 6.58. The number of H-pyrrole nitrogens is 1. The summed E-state index contributed by atoms with van der Waals surface area (Å²) in [6.07, 6.45) is 4.64. The predicted octanol–water partition coefficient (Wildman–Crippen LogP) is 1.95. The van der Waals surface area contributed by atoms with Gasteiger partial charge in [-0.05, 0) is 25.7 Å². The minimum atomic E-state index is -0.0159. The Morgan fingerprint density at radius 2 is 2.22 bits per heavy atom. The van der Waals surface area contributed by atoms with E-state index in [4.69, 9.17) is 5.73 Å². The molecule has 3 N–H and O–H groups in total. The zero-order valence-electron chi connectivity index (χ0n) is 11.4. The Bertz CT molecular complexity index is 421. The molecule has 0 bridgehead atoms. The van der Waals surface area contributed by atoms with Crippen LogP contribution in [0.5, 0.6) is 0 Å². The maximum atomic E-state index is 12.4. The van der Waals surface area contributed by atoms with Gasteiger partial charge in [0.25, 0.3) is 5.91 Å². The van der Waals surface area contributed by atoms with Crippen molar-refractivity contribution in [2.24, 2.45) is 5.92 Å². The average molecular weight is 250 g/mol. The second-order valence-electron chi connectivity index (χ2n) is 5.45. The zero-order valence-corrected chi connectivity index (χ0v) is 11.4. The monoisotopic (exact) mass is 250 g/mol. The summed E-state index contributed by atoms with van der Waals surface area (Å²) in [6.45, 7) is 4.08. The fourth-order valence-corrected chi connectivity index (χ4v) is 2.81. The number of nitrogens with two attached hydrogens (primary N) is 1. The van der Waals surface area contributed by atoms with E-state index in [9.17, 15) is 4.79 Å². The lowest BCUT2D eigenvalue weighted by Gasteiger charge is -2.34. The molecule has 1 aliphatic rings. The average Bonchev–Trinajstić information content (AvgIpc) is 2.67. The number of nitrogens with one attached hydrogen (secondary N) is 1. The smallest absolute Gasteiger partial charge is 0.259 e. The number of hydrogen-bond donors (Lipinski definition) is 2. The lowest BCUT2D eigenvalue weighted by molar-refractivity contribution is 0.0672. The summed E-state index contributed by atoms with van der Waals surface area (Å²) in [5.74, 6) is 0.979. The van der Waals surface area contributed by atoms with Crippen LogP contribution in [0.4, 0.5) is 5.82 Å². The van der Waals surface area contributed by atoms with E-state index < -0.39 is 0 Å². The molecule has 1 amide bonds. The summed E-state index contributed by atoms with van der Waals surface area (Å²) in [5.41, 5.74) is 7.01. The van der Waals surface area contributed by atoms with Crippen molar-refractivity contribution in [1.82, 2.24) is 15.1 Å². The highest BCUT2D eigenvalue weighted by molar-refractivity contribution is 5.99. The highest BCUT2D eigenvalue weighted by Gasteiger charge is 2.28. The fraction of sp³-hybridized carbons (Fsp3) is 0.692. The second kappa shape index (κ2) is 5.00. The zero-order chi connectivity index (χ0) is 13.3. The number of amides is 1. The van der Waals surface area contributed by atoms with Gasteiger partial charge in [0, 0.05) is 18.8 Å². The standard InChI is InChI=1S/C13H22N4O/c1-8-5-4-6-10(7-8)17(3)13(18)11-9(2)15-16-12(11)14/h8,10H,4-7H2,1-3H3,(H3,14,15,16). The minimum absolute atomic E-state index is 0.0159. The number of carbonyl (C=O) groups is 1. The van der Waals surface area contributed by atoms with E-state index in [-0.39, 0.29) is 5.91 Å². The van der Waals surface area contributed by atoms with Gasteiger partial charge in [0.15, 0.2) is 5.82 Å². The Morgan fingerprint density at radius 1 is 1.50 bits per heavy atom. The first-order valence-electron chi connectivity index (χ1n) is 6.58. The molecule has 1 aromatic heterocycles. The Labute approximate surface area is 108 Å². The van der Waals surface area contributed by atoms with Crippen LogP contribution in [0.2, 0.25) is 0 Å². The molecule has 2 atom stereocenters. The molecule has 0 radical (unpaired) electrons. The van der Waals surface area contributed by atoms with Crippen LogP contribution in [0.3, 0.4) is 0 Å². The molecule has 1 aliphatic carbocycles. The molecular formula is C13H22N4O. The molecule has 2 rings (SSSR count). The highest BCUT2D eigenvalue weighted by atomic mass is 16.2. The van der Waals surface area contributed by atoms with Gasteiger partial charge >= 0.3 is 0 Å². The number of rotatable bonds is 2. The van der Waals surface area contributed by atoms with Crippen molar-refractivity contribution in [1.29, 1.82) is 0 Å². The van der Waals surface area contributed by atoms with E-state index in [2.05, 4.69) is 17.1 Å². The number of aryl methyl sites for hydroxylation is 1. The van der Waals surface area contributed by atoms with Gasteiger partial charge in [-0.3, -0.25) is 9.89 Å². The van der Waals surface area contributed by atoms with E-state index >= 15 is 0 Å². The molecule has 1 fully saturated rings. The largest absolute Gasteiger partial charge is 0.382 e. The summed E-state index contributed by atoms with van der Waals surface area (Å²) in [5, 5.41) is 6.65. The van der Waals surface area contributed by atoms with Crippen molar-refractivity contribution in [3.05, 3.63) is 11.3 Å². The Hall–Kier alpha value is -1.52. The number of carbonyl (C=O) groups excluding carboxylic acids is 1. The predicted molar refractivity (Wildman–Crippen MR) is 71.3 cm³/mol. The van der Waals surface area contributed by atoms with Crippen molar-refractivity contribution in [3.63, 3.8) is 0 Å². The number of hydrogen-bond acceptors (Lipinski definition) is 3. The molecular weight excluding hydrogens is 228 g/mol. The maximum absolute atomic E-state index is 12.4. The van der Waals surface area contributed by atoms with E-state index in [0.717, 1.165) is 18.5 Å². The van der Waals surface area contributed by atoms with Gasteiger partial charge in [0.05, 0.1) is 0 Å². The molecule has 100 valence electrons. The van der Waals surface area contributed by atoms with Crippen LogP contribution in [-0.2, 0) is 0 Å². The molecule has 0 aliphatic heterocycles. The van der Waals surface area contributed by atoms with E-state index in [1.807, 2.05) is 18.9 Å². The van der Waals surface area contributed by atoms with Gasteiger partial charge in [0.2, 0.25) is 0 Å². The second-order valence-corrected chi connectivity index (χ2v) is 5.45. The Balaban J connectivity index is 2.13. The molecule has 1 heterocycles. The van der Waals surface area contributed by atoms with Crippen LogP contribution in [-0.4, -0.2) is 34.1 Å². The molecule has 0 spiro atoms. The van der Waals surface area contributed by atoms with Gasteiger partial charge in [-0.1, -0.05) is 19.8 Å². The summed E-state index contributed by atoms with van der Waals surface area (Å²) in [7, 11) is 1.87. The molecule has 1 saturated carbocycles. The topological polar surface area (TPSA) is 75.0 Å². The third kappa shape index (κ3) is 2.35. The molecule has 18 heavy (non-hydrogen) atoms. The van der Waals surface area contributed by atoms with Crippen molar-refractivity contribution in [2.75, 3.05) is 12.8 Å². The third-order valence-electron chi connectivity index (χ3n) is 3.97. The number of aromatic amines is 1. The normalized spacial score (nSPS) is 23.9. The summed E-state index contributed by atoms with van der Waals surface area (Å²) in [6, 6.07) is 0.329. The van der Waals surface area contributed by atoms with Gasteiger partial charge in [-0.25, -0.2) is 0 Å². The van der Waals surface area contributed by atoms with Crippen LogP contribution in [0.15, 0.2) is 0 Å². The maximum Gasteiger partial charge on any atom is 0.259 e. The first-order chi connectivity index (χ1) is 8.50. The molecule has 1 aromatic rings. The molecule has 0 aromatic carbocycles. The number of anilines is 1. The molecule has 2 unspecified atom stereocenters. The number of nitrogen functional groups attached to an aromatic ring is 1. The Morgan fingerprint density at radius 3 is 2.78 bits per heavy atom. The van der Waals surface area contributed by atoms with Crippen LogP contribution < -0.4 is 5.73 Å². The van der Waals surface area contributed by atoms with E-state index in [0.29, 0.717) is 23.3 Å². The van der Waals surface area contributed by atoms with Gasteiger partial charge < -0.3 is 10.6 Å². The highest BCUT2D eigenvalue weighted by Crippen LogP contribution is 2.28. The lowest BCUT2D eigenvalue weighted by Crippen LogP contribution is -2.40. The van der Waals surface area contributed by atoms with Crippen molar-refractivity contribution in [3.8, 4) is 0 Å². The minimum Gasteiger partial charge on any atom is -0.382 e. The van der Waals surface area contributed by atoms with Gasteiger partial charge in [-0.2, -0.15) is 5.10 Å². The fourth-order valence-electron chi connectivity index (χ4n) is 2.81. The van der Waals surface area contributed by atoms with Gasteiger partial charge in [-0.15, -0.1) is 0 Å². The Kier molecular flexibility index (Phi) is 3.59. The van der Waals surface area contributed by atoms with Crippen LogP contribution in [0.1, 0.15) is 48.7 Å². The van der Waals surface area contributed by atoms with Crippen LogP contribution in [0.25, 0.3) is 0 Å². The van der Waals surface area contributed by atoms with Crippen molar-refractivity contribution < 1.29 is 4.79 Å². The lowest BCUT2D eigenvalue weighted by atomic mass is 9.86. The SMILES string of the molecule is Cc1[nH]nc(N)c1C(=O)N(C)C1CCCC(C)C1. The number of aromatic nitrogens is 2. The first kappa shape index (κ1) is 12.9. The van der Waals surface area contributed by atoms with Crippen molar-refractivity contribution >= 4 is 11.7 Å². The quantitative estimate of drug-likeness (QED) is 0.842. The summed E-state index contributed by atoms with van der Waals surface area (Å²) in [4.78, 5) is 14.3. The van der Waals surface area contributed by atoms with E-state index in [1.54, 1.807) is 0 Å². The molecule has 5 nitrogen and oxygen atoms in total.